The molecule has 2 saturated heterocycles. The zero-order valence-corrected chi connectivity index (χ0v) is 31.4. The van der Waals surface area contributed by atoms with E-state index in [9.17, 15) is 30.4 Å². The highest BCUT2D eigenvalue weighted by Crippen LogP contribution is 2.43. The van der Waals surface area contributed by atoms with Crippen LogP contribution < -0.4 is 0 Å². The zero-order chi connectivity index (χ0) is 37.2. The number of oxime groups is 1. The molecule has 3 rings (SSSR count). The van der Waals surface area contributed by atoms with Crippen molar-refractivity contribution in [3.8, 4) is 0 Å². The molecule has 13 heteroatoms. The number of methoxy groups -OCH3 is 1. The molecule has 0 aromatic heterocycles. The number of ether oxygens (including phenoxy) is 6. The number of aliphatic hydroxyl groups is 4. The van der Waals surface area contributed by atoms with E-state index in [1.807, 2.05) is 34.6 Å². The Morgan fingerprint density at radius 3 is 2.12 bits per heavy atom. The zero-order valence-electron chi connectivity index (χ0n) is 31.4. The topological polar surface area (TPSA) is 186 Å². The Balaban J connectivity index is 2.18. The van der Waals surface area contributed by atoms with Crippen LogP contribution in [0.1, 0.15) is 95.4 Å². The second kappa shape index (κ2) is 16.3. The van der Waals surface area contributed by atoms with Crippen LogP contribution in [-0.4, -0.2) is 117 Å². The summed E-state index contributed by atoms with van der Waals surface area (Å²) in [6.45, 7) is 19.5. The molecule has 0 amide bonds. The van der Waals surface area contributed by atoms with E-state index in [4.69, 9.17) is 28.4 Å². The highest BCUT2D eigenvalue weighted by Gasteiger charge is 2.52. The smallest absolute Gasteiger partial charge is 0.311 e. The van der Waals surface area contributed by atoms with E-state index >= 15 is 0 Å². The minimum Gasteiger partial charge on any atom is -0.459 e. The van der Waals surface area contributed by atoms with Gasteiger partial charge in [-0.1, -0.05) is 58.9 Å². The predicted molar refractivity (Wildman–Crippen MR) is 181 cm³/mol. The maximum Gasteiger partial charge on any atom is 0.311 e. The van der Waals surface area contributed by atoms with Gasteiger partial charge in [-0.3, -0.25) is 4.79 Å². The molecule has 3 aliphatic heterocycles. The van der Waals surface area contributed by atoms with Gasteiger partial charge in [-0.15, -0.1) is 0 Å². The standard InChI is InChI=1S/C36H63NO12/c1-13-25-36(11,42)29(39)20(4)27(37-43)18(2)16-34(8,9)31(49-33-24(38)15-14-19(3)45-33)21(5)28(22(6)32(41)47-25)48-26-17-35(10,44-12)30(40)23(7)46-26/h14-15,18-26,28-31,33,38-40,42-43H,13,16-17H2,1-12H3/b37-27+/t18-,19-,20+,21+,22-,23+,24-,25-,26?,28+,29-,30+,31-,33?,35-,36-/m1/s1. The predicted octanol–water partition coefficient (Wildman–Crippen LogP) is 3.56. The van der Waals surface area contributed by atoms with Gasteiger partial charge in [0.05, 0.1) is 47.8 Å². The Morgan fingerprint density at radius 2 is 1.55 bits per heavy atom. The molecule has 3 aliphatic rings. The van der Waals surface area contributed by atoms with Crippen LogP contribution in [0.25, 0.3) is 0 Å². The monoisotopic (exact) mass is 701 g/mol. The molecule has 5 N–H and O–H groups in total. The summed E-state index contributed by atoms with van der Waals surface area (Å²) < 4.78 is 37.2. The molecule has 0 aromatic carbocycles. The number of hydrogen-bond donors (Lipinski definition) is 5. The molecule has 284 valence electrons. The first-order chi connectivity index (χ1) is 22.6. The second-order valence-electron chi connectivity index (χ2n) is 15.7. The molecule has 16 atom stereocenters. The van der Waals surface area contributed by atoms with Gasteiger partial charge in [-0.2, -0.15) is 0 Å². The molecule has 13 nitrogen and oxygen atoms in total. The second-order valence-corrected chi connectivity index (χ2v) is 15.7. The lowest BCUT2D eigenvalue weighted by Gasteiger charge is -2.48. The van der Waals surface area contributed by atoms with Gasteiger partial charge < -0.3 is 54.1 Å². The summed E-state index contributed by atoms with van der Waals surface area (Å²) in [5.74, 6) is -3.42. The van der Waals surface area contributed by atoms with Gasteiger partial charge in [0, 0.05) is 25.4 Å². The number of hydrogen-bond acceptors (Lipinski definition) is 13. The molecule has 0 radical (unpaired) electrons. The van der Waals surface area contributed by atoms with Crippen molar-refractivity contribution in [1.29, 1.82) is 0 Å². The lowest BCUT2D eigenvalue weighted by atomic mass is 9.69. The van der Waals surface area contributed by atoms with E-state index in [1.54, 1.807) is 46.8 Å². The lowest BCUT2D eigenvalue weighted by molar-refractivity contribution is -0.306. The summed E-state index contributed by atoms with van der Waals surface area (Å²) in [5, 5.41) is 58.7. The third kappa shape index (κ3) is 9.04. The number of rotatable bonds is 6. The summed E-state index contributed by atoms with van der Waals surface area (Å²) in [7, 11) is 1.51. The molecule has 0 spiro atoms. The normalized spacial score (nSPS) is 48.2. The van der Waals surface area contributed by atoms with Gasteiger partial charge in [-0.25, -0.2) is 0 Å². The maximum atomic E-state index is 14.1. The van der Waals surface area contributed by atoms with Crippen molar-refractivity contribution in [1.82, 2.24) is 0 Å². The molecule has 3 heterocycles. The number of cyclic esters (lactones) is 1. The Bertz CT molecular complexity index is 1160. The SMILES string of the molecule is CC[C@H]1OC(=O)[C@H](C)[C@@H](OC2C[C@@](C)(OC)[C@@H](O)[C@H](C)O2)[C@H](C)[C@@H](OC2O[C@H](C)C=C[C@H]2O)C(C)(C)C[C@@H](C)/C(=N\O)[C@H](C)[C@@H](O)[C@]1(C)O. The van der Waals surface area contributed by atoms with Gasteiger partial charge in [0.25, 0.3) is 0 Å². The Labute approximate surface area is 291 Å². The Morgan fingerprint density at radius 1 is 0.918 bits per heavy atom. The molecule has 0 bridgehead atoms. The van der Waals surface area contributed by atoms with Gasteiger partial charge in [0.15, 0.2) is 12.6 Å². The van der Waals surface area contributed by atoms with Crippen LogP contribution in [0.3, 0.4) is 0 Å². The van der Waals surface area contributed by atoms with Crippen LogP contribution in [0.2, 0.25) is 0 Å². The van der Waals surface area contributed by atoms with Crippen LogP contribution in [-0.2, 0) is 33.2 Å². The van der Waals surface area contributed by atoms with Gasteiger partial charge in [-0.05, 0) is 58.8 Å². The van der Waals surface area contributed by atoms with Crippen molar-refractivity contribution >= 4 is 11.7 Å². The first kappa shape index (κ1) is 41.7. The van der Waals surface area contributed by atoms with Gasteiger partial charge in [0.1, 0.15) is 23.9 Å². The highest BCUT2D eigenvalue weighted by atomic mass is 16.7. The van der Waals surface area contributed by atoms with E-state index in [-0.39, 0.29) is 24.7 Å². The quantitative estimate of drug-likeness (QED) is 0.118. The Kier molecular flexibility index (Phi) is 13.9. The van der Waals surface area contributed by atoms with Crippen molar-refractivity contribution < 1.29 is 58.8 Å². The first-order valence-electron chi connectivity index (χ1n) is 17.7. The van der Waals surface area contributed by atoms with E-state index < -0.39 is 102 Å². The number of aliphatic hydroxyl groups excluding tert-OH is 3. The summed E-state index contributed by atoms with van der Waals surface area (Å²) in [4.78, 5) is 14.1. The fourth-order valence-corrected chi connectivity index (χ4v) is 8.12. The minimum atomic E-state index is -1.90. The number of carbonyl (C=O) groups is 1. The molecular weight excluding hydrogens is 638 g/mol. The first-order valence-corrected chi connectivity index (χ1v) is 17.7. The molecule has 2 fully saturated rings. The van der Waals surface area contributed by atoms with E-state index in [0.717, 1.165) is 0 Å². The average Bonchev–Trinajstić information content (AvgIpc) is 3.03. The van der Waals surface area contributed by atoms with Gasteiger partial charge in [0.2, 0.25) is 0 Å². The van der Waals surface area contributed by atoms with Gasteiger partial charge >= 0.3 is 5.97 Å². The van der Waals surface area contributed by atoms with E-state index in [2.05, 4.69) is 5.16 Å². The van der Waals surface area contributed by atoms with E-state index in [1.165, 1.54) is 14.0 Å². The van der Waals surface area contributed by atoms with Crippen LogP contribution in [0.4, 0.5) is 0 Å². The largest absolute Gasteiger partial charge is 0.459 e. The fraction of sp³-hybridized carbons (Fsp3) is 0.889. The van der Waals surface area contributed by atoms with Crippen LogP contribution >= 0.6 is 0 Å². The van der Waals surface area contributed by atoms with Crippen molar-refractivity contribution in [2.24, 2.45) is 34.2 Å². The molecule has 0 aliphatic carbocycles. The number of esters is 1. The third-order valence-corrected chi connectivity index (χ3v) is 11.2. The van der Waals surface area contributed by atoms with E-state index in [0.29, 0.717) is 6.42 Å². The highest BCUT2D eigenvalue weighted by molar-refractivity contribution is 5.88. The molecule has 0 aromatic rings. The molecule has 2 unspecified atom stereocenters. The van der Waals surface area contributed by atoms with Crippen molar-refractivity contribution in [3.63, 3.8) is 0 Å². The third-order valence-electron chi connectivity index (χ3n) is 11.2. The number of nitrogens with zero attached hydrogens (tertiary/aromatic N) is 1. The lowest BCUT2D eigenvalue weighted by Crippen LogP contribution is -2.59. The van der Waals surface area contributed by atoms with Crippen molar-refractivity contribution in [3.05, 3.63) is 12.2 Å². The van der Waals surface area contributed by atoms with Crippen molar-refractivity contribution in [2.75, 3.05) is 7.11 Å². The number of carbonyl (C=O) groups excluding carboxylic acids is 1. The molecule has 49 heavy (non-hydrogen) atoms. The van der Waals surface area contributed by atoms with Crippen LogP contribution in [0.5, 0.6) is 0 Å². The maximum absolute atomic E-state index is 14.1. The molecule has 0 saturated carbocycles. The molecular formula is C36H63NO12. The fourth-order valence-electron chi connectivity index (χ4n) is 8.12. The van der Waals surface area contributed by atoms with Crippen LogP contribution in [0, 0.1) is 29.1 Å². The van der Waals surface area contributed by atoms with Crippen molar-refractivity contribution in [2.45, 2.75) is 168 Å². The summed E-state index contributed by atoms with van der Waals surface area (Å²) in [6.07, 6.45) is -5.02. The average molecular weight is 702 g/mol. The summed E-state index contributed by atoms with van der Waals surface area (Å²) in [6, 6.07) is 0. The Hall–Kier alpha value is -1.68. The minimum absolute atomic E-state index is 0.158. The van der Waals surface area contributed by atoms with Crippen LogP contribution in [0.15, 0.2) is 17.3 Å². The summed E-state index contributed by atoms with van der Waals surface area (Å²) >= 11 is 0. The summed E-state index contributed by atoms with van der Waals surface area (Å²) in [5.41, 5.74) is -3.39.